The molecule has 0 radical (unpaired) electrons. The van der Waals surface area contributed by atoms with Crippen LogP contribution in [0.4, 0.5) is 5.69 Å². The molecule has 4 rings (SSSR count). The highest BCUT2D eigenvalue weighted by molar-refractivity contribution is 7.90. The molecule has 2 fully saturated rings. The molecule has 0 atom stereocenters. The summed E-state index contributed by atoms with van der Waals surface area (Å²) in [5.74, 6) is -0.240. The minimum Gasteiger partial charge on any atom is -0.350 e. The number of carbonyl (C=O) groups is 2. The number of hydrogen-bond donors (Lipinski definition) is 2. The molecular weight excluding hydrogens is 402 g/mol. The van der Waals surface area contributed by atoms with Crippen molar-refractivity contribution in [3.8, 4) is 0 Å². The number of ketones is 1. The van der Waals surface area contributed by atoms with E-state index in [0.717, 1.165) is 45.0 Å². The van der Waals surface area contributed by atoms with Crippen LogP contribution < -0.4 is 5.32 Å². The predicted molar refractivity (Wildman–Crippen MR) is 117 cm³/mol. The third-order valence-electron chi connectivity index (χ3n) is 6.00. The molecule has 30 heavy (non-hydrogen) atoms. The van der Waals surface area contributed by atoms with Gasteiger partial charge >= 0.3 is 0 Å². The van der Waals surface area contributed by atoms with Gasteiger partial charge in [0, 0.05) is 29.6 Å². The molecule has 2 aliphatic rings. The van der Waals surface area contributed by atoms with Crippen LogP contribution in [0.25, 0.3) is 10.9 Å². The number of anilines is 1. The number of piperidine rings is 1. The van der Waals surface area contributed by atoms with Crippen LogP contribution in [-0.2, 0) is 14.6 Å². The number of Topliss-reactive ketones (excluding diaryl/α,β-unsaturated/α-hetero) is 1. The number of fused-ring (bicyclic) bond motifs is 1. The van der Waals surface area contributed by atoms with E-state index in [-0.39, 0.29) is 34.5 Å². The third-order valence-corrected chi connectivity index (χ3v) is 7.11. The first-order chi connectivity index (χ1) is 14.0. The van der Waals surface area contributed by atoms with E-state index < -0.39 is 9.84 Å². The predicted octanol–water partition coefficient (Wildman–Crippen LogP) is 3.22. The average molecular weight is 432 g/mol. The number of aromatic nitrogens is 1. The van der Waals surface area contributed by atoms with Gasteiger partial charge in [-0.15, -0.1) is 0 Å². The maximum Gasteiger partial charge on any atom is 0.238 e. The molecule has 0 bridgehead atoms. The van der Waals surface area contributed by atoms with E-state index in [9.17, 15) is 18.0 Å². The zero-order valence-corrected chi connectivity index (χ0v) is 18.6. The average Bonchev–Trinajstić information content (AvgIpc) is 3.42. The summed E-state index contributed by atoms with van der Waals surface area (Å²) in [5.41, 5.74) is 1.58. The van der Waals surface area contributed by atoms with E-state index >= 15 is 0 Å². The molecule has 1 saturated heterocycles. The lowest BCUT2D eigenvalue weighted by molar-refractivity contribution is -0.118. The van der Waals surface area contributed by atoms with Gasteiger partial charge in [0.15, 0.2) is 15.6 Å². The summed E-state index contributed by atoms with van der Waals surface area (Å²) in [6, 6.07) is 4.70. The van der Waals surface area contributed by atoms with E-state index in [1.165, 1.54) is 12.1 Å². The van der Waals surface area contributed by atoms with Crippen LogP contribution in [0.15, 0.2) is 23.1 Å². The smallest absolute Gasteiger partial charge is 0.238 e. The number of aromatic amines is 1. The van der Waals surface area contributed by atoms with Crippen LogP contribution in [-0.4, -0.2) is 55.9 Å². The van der Waals surface area contributed by atoms with Gasteiger partial charge in [0.1, 0.15) is 5.69 Å². The fraction of sp³-hybridized carbons (Fsp3) is 0.545. The van der Waals surface area contributed by atoms with Crippen LogP contribution in [0.2, 0.25) is 0 Å². The highest BCUT2D eigenvalue weighted by atomic mass is 32.2. The Morgan fingerprint density at radius 3 is 2.63 bits per heavy atom. The molecule has 0 spiro atoms. The van der Waals surface area contributed by atoms with Crippen molar-refractivity contribution in [3.05, 3.63) is 23.9 Å². The second-order valence-electron chi connectivity index (χ2n) is 9.52. The second kappa shape index (κ2) is 7.50. The first-order valence-corrected chi connectivity index (χ1v) is 12.3. The fourth-order valence-electron chi connectivity index (χ4n) is 4.33. The molecule has 1 aliphatic heterocycles. The molecule has 0 unspecified atom stereocenters. The van der Waals surface area contributed by atoms with Crippen LogP contribution in [0.3, 0.4) is 0 Å². The van der Waals surface area contributed by atoms with Crippen molar-refractivity contribution in [2.24, 2.45) is 11.3 Å². The highest BCUT2D eigenvalue weighted by Crippen LogP contribution is 2.38. The summed E-state index contributed by atoms with van der Waals surface area (Å²) >= 11 is 0. The number of H-pyrrole nitrogens is 1. The van der Waals surface area contributed by atoms with Gasteiger partial charge in [0.25, 0.3) is 0 Å². The quantitative estimate of drug-likeness (QED) is 0.684. The molecule has 1 saturated carbocycles. The summed E-state index contributed by atoms with van der Waals surface area (Å²) in [7, 11) is -3.41. The van der Waals surface area contributed by atoms with Crippen molar-refractivity contribution in [1.82, 2.24) is 9.88 Å². The van der Waals surface area contributed by atoms with Gasteiger partial charge in [-0.2, -0.15) is 0 Å². The topological polar surface area (TPSA) is 99.3 Å². The Labute approximate surface area is 177 Å². The molecule has 1 aromatic heterocycles. The van der Waals surface area contributed by atoms with E-state index in [1.807, 2.05) is 0 Å². The largest absolute Gasteiger partial charge is 0.350 e. The van der Waals surface area contributed by atoms with Crippen molar-refractivity contribution in [2.45, 2.75) is 44.4 Å². The molecule has 1 aliphatic carbocycles. The SMILES string of the molecule is CC1(C)CCCN(CC(=O)Nc2c(C(=O)C3CC3)[nH]c3ccc(S(C)(=O)=O)cc23)C1. The Morgan fingerprint density at radius 2 is 2.00 bits per heavy atom. The van der Waals surface area contributed by atoms with Crippen LogP contribution in [0.5, 0.6) is 0 Å². The second-order valence-corrected chi connectivity index (χ2v) is 11.5. The van der Waals surface area contributed by atoms with Gasteiger partial charge in [0.2, 0.25) is 5.91 Å². The van der Waals surface area contributed by atoms with Gasteiger partial charge in [-0.1, -0.05) is 13.8 Å². The van der Waals surface area contributed by atoms with E-state index in [0.29, 0.717) is 22.3 Å². The summed E-state index contributed by atoms with van der Waals surface area (Å²) in [5, 5.41) is 3.47. The first-order valence-electron chi connectivity index (χ1n) is 10.5. The zero-order valence-electron chi connectivity index (χ0n) is 17.7. The Kier molecular flexibility index (Phi) is 5.26. The monoisotopic (exact) mass is 431 g/mol. The molecule has 2 N–H and O–H groups in total. The number of amides is 1. The number of likely N-dealkylation sites (tertiary alicyclic amines) is 1. The Bertz CT molecular complexity index is 1110. The Balaban J connectivity index is 1.65. The summed E-state index contributed by atoms with van der Waals surface area (Å²) in [6.07, 6.45) is 5.03. The maximum atomic E-state index is 12.9. The molecule has 1 aromatic carbocycles. The summed E-state index contributed by atoms with van der Waals surface area (Å²) in [4.78, 5) is 31.1. The third kappa shape index (κ3) is 4.44. The molecule has 2 heterocycles. The number of nitrogens with zero attached hydrogens (tertiary/aromatic N) is 1. The molecule has 7 nitrogen and oxygen atoms in total. The minimum absolute atomic E-state index is 0.0222. The van der Waals surface area contributed by atoms with Crippen molar-refractivity contribution >= 4 is 38.1 Å². The number of rotatable bonds is 6. The number of hydrogen-bond acceptors (Lipinski definition) is 5. The normalized spacial score (nSPS) is 19.7. The zero-order chi connectivity index (χ0) is 21.7. The molecule has 162 valence electrons. The van der Waals surface area contributed by atoms with Crippen LogP contribution >= 0.6 is 0 Å². The number of nitrogens with one attached hydrogen (secondary N) is 2. The molecule has 1 amide bonds. The highest BCUT2D eigenvalue weighted by Gasteiger charge is 2.34. The summed E-state index contributed by atoms with van der Waals surface area (Å²) in [6.45, 7) is 6.38. The van der Waals surface area contributed by atoms with Gasteiger partial charge in [-0.25, -0.2) is 8.42 Å². The number of benzene rings is 1. The fourth-order valence-corrected chi connectivity index (χ4v) is 4.97. The van der Waals surface area contributed by atoms with Crippen molar-refractivity contribution in [3.63, 3.8) is 0 Å². The first kappa shape index (κ1) is 21.1. The Morgan fingerprint density at radius 1 is 1.27 bits per heavy atom. The standard InChI is InChI=1S/C22H29N3O4S/c1-22(2)9-4-10-25(13-22)12-18(26)24-19-16-11-15(30(3,28)29)7-8-17(16)23-20(19)21(27)14-5-6-14/h7-8,11,14,23H,4-6,9-10,12-13H2,1-3H3,(H,24,26). The maximum absolute atomic E-state index is 12.9. The lowest BCUT2D eigenvalue weighted by Gasteiger charge is -2.37. The van der Waals surface area contributed by atoms with Crippen molar-refractivity contribution in [1.29, 1.82) is 0 Å². The van der Waals surface area contributed by atoms with Crippen molar-refractivity contribution < 1.29 is 18.0 Å². The minimum atomic E-state index is -3.41. The van der Waals surface area contributed by atoms with E-state index in [4.69, 9.17) is 0 Å². The number of carbonyl (C=O) groups excluding carboxylic acids is 2. The van der Waals surface area contributed by atoms with Gasteiger partial charge in [-0.3, -0.25) is 14.5 Å². The van der Waals surface area contributed by atoms with Crippen LogP contribution in [0, 0.1) is 11.3 Å². The van der Waals surface area contributed by atoms with Gasteiger partial charge in [0.05, 0.1) is 17.1 Å². The van der Waals surface area contributed by atoms with Gasteiger partial charge in [-0.05, 0) is 55.8 Å². The molecule has 8 heteroatoms. The lowest BCUT2D eigenvalue weighted by atomic mass is 9.84. The van der Waals surface area contributed by atoms with Crippen molar-refractivity contribution in [2.75, 3.05) is 31.2 Å². The van der Waals surface area contributed by atoms with Gasteiger partial charge < -0.3 is 10.3 Å². The summed E-state index contributed by atoms with van der Waals surface area (Å²) < 4.78 is 24.0. The number of sulfone groups is 1. The Hall–Kier alpha value is -2.19. The molecule has 2 aromatic rings. The van der Waals surface area contributed by atoms with E-state index in [2.05, 4.69) is 29.0 Å². The molecular formula is C22H29N3O4S. The van der Waals surface area contributed by atoms with E-state index in [1.54, 1.807) is 6.07 Å². The lowest BCUT2D eigenvalue weighted by Crippen LogP contribution is -2.43. The van der Waals surface area contributed by atoms with Crippen LogP contribution in [0.1, 0.15) is 50.0 Å².